The summed E-state index contributed by atoms with van der Waals surface area (Å²) in [6, 6.07) is 0. The van der Waals surface area contributed by atoms with Crippen LogP contribution in [0, 0.1) is 6.33 Å². The number of halogens is 2. The Hall–Kier alpha value is 0.288. The smallest absolute Gasteiger partial charge is 0 e. The van der Waals surface area contributed by atoms with Crippen molar-refractivity contribution in [3.05, 3.63) is 12.2 Å². The Balaban J connectivity index is 0. The Kier molecular flexibility index (Phi) is 8.43. The van der Waals surface area contributed by atoms with E-state index >= 15 is 0 Å². The Bertz CT molecular complexity index is 46.8. The molecule has 0 aromatic heterocycles. The molecule has 0 N–H and O–H groups in total. The molecule has 0 radical (unpaired) electrons. The molecular weight excluding hydrogens is 258 g/mol. The Morgan fingerprint density at radius 3 is 1.83 bits per heavy atom. The van der Waals surface area contributed by atoms with Gasteiger partial charge in [0.25, 0.3) is 0 Å². The normalized spacial score (nSPS) is 10.2. The van der Waals surface area contributed by atoms with E-state index in [1.807, 2.05) is 0 Å². The van der Waals surface area contributed by atoms with Crippen LogP contribution in [0.25, 0.3) is 0 Å². The third-order valence-corrected chi connectivity index (χ3v) is 0.130. The van der Waals surface area contributed by atoms with Crippen LogP contribution in [0.3, 0.4) is 0 Å². The molecule has 36 valence electrons. The van der Waals surface area contributed by atoms with Gasteiger partial charge in [0.15, 0.2) is 0 Å². The minimum Gasteiger partial charge on any atom is -0.456 e. The van der Waals surface area contributed by atoms with Crippen molar-refractivity contribution in [1.82, 2.24) is 0 Å². The fourth-order valence-corrected chi connectivity index (χ4v) is 0. The van der Waals surface area contributed by atoms with E-state index in [1.165, 1.54) is 0 Å². The van der Waals surface area contributed by atoms with Crippen LogP contribution in [0.1, 0.15) is 6.92 Å². The Morgan fingerprint density at radius 2 is 1.83 bits per heavy atom. The molecule has 0 amide bonds. The van der Waals surface area contributed by atoms with Gasteiger partial charge in [0.05, 0.1) is 0 Å². The molecule has 0 atom stereocenters. The van der Waals surface area contributed by atoms with Gasteiger partial charge in [-0.15, -0.1) is 0 Å². The summed E-state index contributed by atoms with van der Waals surface area (Å²) in [6.45, 7) is 0.986. The van der Waals surface area contributed by atoms with Crippen molar-refractivity contribution in [1.29, 1.82) is 0 Å². The zero-order valence-corrected chi connectivity index (χ0v) is 6.10. The standard InChI is InChI=1S/C3H3F2.W/c1-3(5)2-4;/h1H3;/q-1;. The summed E-state index contributed by atoms with van der Waals surface area (Å²) in [6.07, 6.45) is 0.778. The predicted octanol–water partition coefficient (Wildman–Crippen LogP) is 1.59. The fourth-order valence-electron chi connectivity index (χ4n) is 0. The Labute approximate surface area is 49.5 Å². The first-order chi connectivity index (χ1) is 2.27. The topological polar surface area (TPSA) is 0 Å². The molecule has 0 aromatic rings. The van der Waals surface area contributed by atoms with E-state index in [1.54, 1.807) is 0 Å². The van der Waals surface area contributed by atoms with Crippen LogP contribution < -0.4 is 0 Å². The summed E-state index contributed by atoms with van der Waals surface area (Å²) < 4.78 is 21.3. The molecule has 6 heavy (non-hydrogen) atoms. The molecule has 0 nitrogen and oxygen atoms in total. The third kappa shape index (κ3) is 8.86. The van der Waals surface area contributed by atoms with E-state index < -0.39 is 5.83 Å². The largest absolute Gasteiger partial charge is 0.456 e. The fraction of sp³-hybridized carbons (Fsp3) is 0.333. The summed E-state index contributed by atoms with van der Waals surface area (Å²) >= 11 is 0. The maximum atomic E-state index is 10.9. The quantitative estimate of drug-likeness (QED) is 0.581. The van der Waals surface area contributed by atoms with Gasteiger partial charge >= 0.3 is 0 Å². The van der Waals surface area contributed by atoms with Crippen molar-refractivity contribution in [2.45, 2.75) is 6.92 Å². The predicted molar refractivity (Wildman–Crippen MR) is 14.6 cm³/mol. The maximum Gasteiger partial charge on any atom is 0 e. The second-order valence-corrected chi connectivity index (χ2v) is 0.628. The molecule has 0 aliphatic rings. The molecule has 0 saturated heterocycles. The van der Waals surface area contributed by atoms with Gasteiger partial charge in [-0.25, -0.2) is 0 Å². The molecule has 0 aliphatic heterocycles. The molecule has 0 fully saturated rings. The van der Waals surface area contributed by atoms with Gasteiger partial charge in [-0.3, -0.25) is 10.7 Å². The Morgan fingerprint density at radius 1 is 1.67 bits per heavy atom. The number of allylic oxidation sites excluding steroid dienone is 1. The van der Waals surface area contributed by atoms with Gasteiger partial charge in [0.2, 0.25) is 0 Å². The van der Waals surface area contributed by atoms with Gasteiger partial charge in [0.1, 0.15) is 0 Å². The van der Waals surface area contributed by atoms with E-state index in [-0.39, 0.29) is 21.1 Å². The van der Waals surface area contributed by atoms with Crippen molar-refractivity contribution < 1.29 is 29.8 Å². The zero-order valence-electron chi connectivity index (χ0n) is 3.16. The molecule has 0 saturated carbocycles. The summed E-state index contributed by atoms with van der Waals surface area (Å²) in [7, 11) is 0. The minimum absolute atomic E-state index is 0. The van der Waals surface area contributed by atoms with Gasteiger partial charge in [-0.2, -0.15) is 0 Å². The summed E-state index contributed by atoms with van der Waals surface area (Å²) in [4.78, 5) is 0. The van der Waals surface area contributed by atoms with Crippen molar-refractivity contribution in [3.8, 4) is 0 Å². The van der Waals surface area contributed by atoms with Crippen LogP contribution in [-0.2, 0) is 21.1 Å². The molecule has 0 spiro atoms. The van der Waals surface area contributed by atoms with E-state index in [4.69, 9.17) is 0 Å². The molecule has 0 heterocycles. The van der Waals surface area contributed by atoms with E-state index in [0.717, 1.165) is 13.3 Å². The number of hydrogen-bond acceptors (Lipinski definition) is 0. The van der Waals surface area contributed by atoms with E-state index in [2.05, 4.69) is 0 Å². The van der Waals surface area contributed by atoms with Crippen LogP contribution >= 0.6 is 0 Å². The van der Waals surface area contributed by atoms with Gasteiger partial charge < -0.3 is 4.39 Å². The first-order valence-electron chi connectivity index (χ1n) is 1.13. The van der Waals surface area contributed by atoms with E-state index in [9.17, 15) is 8.78 Å². The molecule has 0 unspecified atom stereocenters. The zero-order chi connectivity index (χ0) is 4.28. The number of hydrogen-bond donors (Lipinski definition) is 0. The molecule has 0 aromatic carbocycles. The van der Waals surface area contributed by atoms with Crippen molar-refractivity contribution in [2.75, 3.05) is 0 Å². The average Bonchev–Trinajstić information content (AvgIpc) is 1.38. The summed E-state index contributed by atoms with van der Waals surface area (Å²) in [5.41, 5.74) is 0. The average molecular weight is 261 g/mol. The van der Waals surface area contributed by atoms with E-state index in [0.29, 0.717) is 0 Å². The molecule has 3 heteroatoms. The SMILES string of the molecule is CC(F)=[C-]F.[W]. The van der Waals surface area contributed by atoms with Crippen molar-refractivity contribution in [3.63, 3.8) is 0 Å². The third-order valence-electron chi connectivity index (χ3n) is 0.130. The molecule has 0 bridgehead atoms. The molecule has 0 aliphatic carbocycles. The van der Waals surface area contributed by atoms with Crippen LogP contribution in [0.2, 0.25) is 0 Å². The van der Waals surface area contributed by atoms with Gasteiger partial charge in [-0.1, -0.05) is 5.83 Å². The number of rotatable bonds is 0. The van der Waals surface area contributed by atoms with Crippen LogP contribution in [0.4, 0.5) is 8.78 Å². The van der Waals surface area contributed by atoms with Crippen LogP contribution in [-0.4, -0.2) is 0 Å². The first-order valence-corrected chi connectivity index (χ1v) is 1.13. The second-order valence-electron chi connectivity index (χ2n) is 0.628. The van der Waals surface area contributed by atoms with Crippen molar-refractivity contribution >= 4 is 0 Å². The minimum atomic E-state index is -0.912. The maximum absolute atomic E-state index is 10.9. The van der Waals surface area contributed by atoms with Crippen molar-refractivity contribution in [2.24, 2.45) is 0 Å². The summed E-state index contributed by atoms with van der Waals surface area (Å²) in [5.74, 6) is -0.912. The van der Waals surface area contributed by atoms with Gasteiger partial charge in [-0.05, 0) is 6.92 Å². The van der Waals surface area contributed by atoms with Gasteiger partial charge in [0, 0.05) is 21.1 Å². The monoisotopic (exact) mass is 261 g/mol. The first kappa shape index (κ1) is 9.56. The molecule has 0 rings (SSSR count). The van der Waals surface area contributed by atoms with Crippen LogP contribution in [0.5, 0.6) is 0 Å². The summed E-state index contributed by atoms with van der Waals surface area (Å²) in [5, 5.41) is 0. The van der Waals surface area contributed by atoms with Crippen LogP contribution in [0.15, 0.2) is 5.83 Å². The second kappa shape index (κ2) is 5.29. The molecular formula is C3H3F2W-.